The van der Waals surface area contributed by atoms with Crippen LogP contribution in [0.5, 0.6) is 11.8 Å². The van der Waals surface area contributed by atoms with Crippen molar-refractivity contribution in [1.82, 2.24) is 15.0 Å². The first kappa shape index (κ1) is 18.9. The summed E-state index contributed by atoms with van der Waals surface area (Å²) < 4.78 is 5.71. The summed E-state index contributed by atoms with van der Waals surface area (Å²) in [6.45, 7) is 1.56. The first-order valence-electron chi connectivity index (χ1n) is 8.73. The van der Waals surface area contributed by atoms with Crippen molar-refractivity contribution in [3.63, 3.8) is 0 Å². The first-order valence-corrected chi connectivity index (χ1v) is 9.10. The number of imidazole rings is 1. The smallest absolute Gasteiger partial charge is 0.336 e. The van der Waals surface area contributed by atoms with E-state index in [1.807, 2.05) is 0 Å². The van der Waals surface area contributed by atoms with Gasteiger partial charge in [0.25, 0.3) is 6.01 Å². The molecular formula is C21H16ClN3O4. The van der Waals surface area contributed by atoms with Gasteiger partial charge in [-0.1, -0.05) is 23.7 Å². The van der Waals surface area contributed by atoms with Gasteiger partial charge in [0, 0.05) is 5.56 Å². The highest BCUT2D eigenvalue weighted by Crippen LogP contribution is 2.32. The summed E-state index contributed by atoms with van der Waals surface area (Å²) in [4.78, 5) is 23.1. The molecule has 3 N–H and O–H groups in total. The molecule has 0 amide bonds. The number of ether oxygens (including phenoxy) is 1. The number of halogens is 1. The van der Waals surface area contributed by atoms with E-state index >= 15 is 0 Å². The van der Waals surface area contributed by atoms with Gasteiger partial charge >= 0.3 is 5.97 Å². The van der Waals surface area contributed by atoms with Crippen molar-refractivity contribution in [3.8, 4) is 23.0 Å². The lowest BCUT2D eigenvalue weighted by Crippen LogP contribution is -2.00. The summed E-state index contributed by atoms with van der Waals surface area (Å²) in [5.41, 5.74) is 3.92. The van der Waals surface area contributed by atoms with E-state index < -0.39 is 5.97 Å². The van der Waals surface area contributed by atoms with Crippen molar-refractivity contribution in [2.45, 2.75) is 13.5 Å². The Balaban J connectivity index is 1.70. The number of carboxylic acids is 1. The number of aliphatic hydroxyl groups excluding tert-OH is 1. The summed E-state index contributed by atoms with van der Waals surface area (Å²) >= 11 is 6.42. The Morgan fingerprint density at radius 1 is 1.17 bits per heavy atom. The molecule has 0 aliphatic rings. The number of hydrogen-bond acceptors (Lipinski definition) is 5. The molecule has 29 heavy (non-hydrogen) atoms. The van der Waals surface area contributed by atoms with E-state index in [9.17, 15) is 15.0 Å². The minimum atomic E-state index is -1.02. The number of nitrogens with zero attached hydrogens (tertiary/aromatic N) is 2. The van der Waals surface area contributed by atoms with E-state index in [0.717, 1.165) is 0 Å². The second-order valence-electron chi connectivity index (χ2n) is 6.45. The number of rotatable bonds is 5. The molecule has 0 saturated carbocycles. The molecule has 8 heteroatoms. The van der Waals surface area contributed by atoms with Gasteiger partial charge in [0.2, 0.25) is 0 Å². The van der Waals surface area contributed by atoms with Gasteiger partial charge in [-0.15, -0.1) is 0 Å². The second-order valence-corrected chi connectivity index (χ2v) is 6.85. The molecule has 0 saturated heterocycles. The Labute approximate surface area is 170 Å². The first-order chi connectivity index (χ1) is 13.9. The average Bonchev–Trinajstić information content (AvgIpc) is 3.09. The number of hydrogen-bond donors (Lipinski definition) is 3. The number of aliphatic hydroxyl groups is 1. The Hall–Kier alpha value is -3.42. The number of aryl methyl sites for hydroxylation is 1. The van der Waals surface area contributed by atoms with Crippen LogP contribution in [0, 0.1) is 6.92 Å². The quantitative estimate of drug-likeness (QED) is 0.445. The predicted octanol–water partition coefficient (Wildman–Crippen LogP) is 4.57. The summed E-state index contributed by atoms with van der Waals surface area (Å²) in [5, 5.41) is 19.0. The fraction of sp³-hybridized carbons (Fsp3) is 0.0952. The molecule has 7 nitrogen and oxygen atoms in total. The van der Waals surface area contributed by atoms with E-state index in [4.69, 9.17) is 16.3 Å². The maximum Gasteiger partial charge on any atom is 0.336 e. The van der Waals surface area contributed by atoms with Gasteiger partial charge in [0.15, 0.2) is 0 Å². The van der Waals surface area contributed by atoms with Crippen LogP contribution in [0.25, 0.3) is 22.3 Å². The molecule has 2 aromatic heterocycles. The zero-order valence-electron chi connectivity index (χ0n) is 15.3. The van der Waals surface area contributed by atoms with Crippen LogP contribution in [0.1, 0.15) is 21.6 Å². The van der Waals surface area contributed by atoms with E-state index in [0.29, 0.717) is 44.3 Å². The van der Waals surface area contributed by atoms with Gasteiger partial charge in [0.05, 0.1) is 39.6 Å². The van der Waals surface area contributed by atoms with Gasteiger partial charge in [0.1, 0.15) is 5.75 Å². The number of H-pyrrole nitrogens is 1. The maximum absolute atomic E-state index is 11.3. The lowest BCUT2D eigenvalue weighted by Gasteiger charge is -2.05. The zero-order valence-corrected chi connectivity index (χ0v) is 16.1. The third-order valence-electron chi connectivity index (χ3n) is 4.45. The molecule has 0 aliphatic carbocycles. The van der Waals surface area contributed by atoms with Gasteiger partial charge in [-0.3, -0.25) is 4.98 Å². The Morgan fingerprint density at radius 3 is 2.76 bits per heavy atom. The average molecular weight is 410 g/mol. The Morgan fingerprint density at radius 2 is 2.00 bits per heavy atom. The Kier molecular flexibility index (Phi) is 4.92. The molecule has 2 heterocycles. The number of pyridine rings is 1. The van der Waals surface area contributed by atoms with Crippen LogP contribution in [-0.4, -0.2) is 31.1 Å². The lowest BCUT2D eigenvalue weighted by molar-refractivity contribution is 0.0695. The van der Waals surface area contributed by atoms with Crippen molar-refractivity contribution in [3.05, 3.63) is 70.4 Å². The molecule has 0 atom stereocenters. The maximum atomic E-state index is 11.3. The van der Waals surface area contributed by atoms with Crippen molar-refractivity contribution in [2.24, 2.45) is 0 Å². The molecule has 0 radical (unpaired) electrons. The fourth-order valence-corrected chi connectivity index (χ4v) is 3.24. The van der Waals surface area contributed by atoms with Gasteiger partial charge in [-0.2, -0.15) is 4.98 Å². The summed E-state index contributed by atoms with van der Waals surface area (Å²) in [5.74, 6) is -0.665. The van der Waals surface area contributed by atoms with Gasteiger partial charge < -0.3 is 19.9 Å². The van der Waals surface area contributed by atoms with Crippen LogP contribution in [-0.2, 0) is 6.61 Å². The summed E-state index contributed by atoms with van der Waals surface area (Å²) in [6, 6.07) is 13.8. The summed E-state index contributed by atoms with van der Waals surface area (Å²) in [6.07, 6.45) is 0. The normalized spacial score (nSPS) is 11.0. The fourth-order valence-electron chi connectivity index (χ4n) is 2.98. The number of aromatic nitrogens is 3. The number of fused-ring (bicyclic) bond motifs is 1. The minimum Gasteiger partial charge on any atom is -0.478 e. The molecule has 0 fully saturated rings. The molecule has 0 spiro atoms. The monoisotopic (exact) mass is 409 g/mol. The number of aromatic amines is 1. The topological polar surface area (TPSA) is 108 Å². The van der Waals surface area contributed by atoms with Crippen molar-refractivity contribution >= 4 is 28.6 Å². The van der Waals surface area contributed by atoms with Crippen LogP contribution in [0.4, 0.5) is 0 Å². The third kappa shape index (κ3) is 3.78. The predicted molar refractivity (Wildman–Crippen MR) is 108 cm³/mol. The van der Waals surface area contributed by atoms with E-state index in [1.165, 1.54) is 6.07 Å². The highest BCUT2D eigenvalue weighted by molar-refractivity contribution is 6.34. The molecule has 0 unspecified atom stereocenters. The van der Waals surface area contributed by atoms with Gasteiger partial charge in [-0.25, -0.2) is 4.79 Å². The van der Waals surface area contributed by atoms with Crippen LogP contribution >= 0.6 is 11.6 Å². The van der Waals surface area contributed by atoms with Gasteiger partial charge in [-0.05, 0) is 48.9 Å². The number of aromatic carboxylic acids is 1. The van der Waals surface area contributed by atoms with Crippen LogP contribution in [0.3, 0.4) is 0 Å². The molecule has 146 valence electrons. The molecule has 2 aromatic carbocycles. The van der Waals surface area contributed by atoms with Crippen molar-refractivity contribution in [1.29, 1.82) is 0 Å². The lowest BCUT2D eigenvalue weighted by atomic mass is 10.1. The number of carboxylic acid groups (broad SMARTS) is 1. The van der Waals surface area contributed by atoms with E-state index in [2.05, 4.69) is 15.0 Å². The number of benzene rings is 2. The minimum absolute atomic E-state index is 0.164. The molecule has 0 aliphatic heterocycles. The highest BCUT2D eigenvalue weighted by atomic mass is 35.5. The van der Waals surface area contributed by atoms with Crippen LogP contribution < -0.4 is 4.74 Å². The van der Waals surface area contributed by atoms with E-state index in [-0.39, 0.29) is 18.2 Å². The van der Waals surface area contributed by atoms with Crippen LogP contribution in [0.15, 0.2) is 48.5 Å². The zero-order chi connectivity index (χ0) is 20.5. The second kappa shape index (κ2) is 7.54. The molecule has 4 rings (SSSR count). The molecule has 0 bridgehead atoms. The van der Waals surface area contributed by atoms with Crippen LogP contribution in [0.2, 0.25) is 5.02 Å². The summed E-state index contributed by atoms with van der Waals surface area (Å²) in [7, 11) is 0. The highest BCUT2D eigenvalue weighted by Gasteiger charge is 2.13. The van der Waals surface area contributed by atoms with Crippen molar-refractivity contribution < 1.29 is 19.7 Å². The number of nitrogens with one attached hydrogen (secondary N) is 1. The standard InChI is InChI=1S/C21H16ClN3O4/c1-11-5-6-13(7-14(11)20(27)28)29-21-24-18-8-15(16(22)9-19(18)25-21)17-4-2-3-12(10-26)23-17/h2-9,26H,10H2,1H3,(H,24,25)(H,27,28). The molecular weight excluding hydrogens is 394 g/mol. The Bertz CT molecular complexity index is 1240. The SMILES string of the molecule is Cc1ccc(Oc2nc3cc(-c4cccc(CO)n4)c(Cl)cc3[nH]2)cc1C(=O)O. The van der Waals surface area contributed by atoms with Crippen molar-refractivity contribution in [2.75, 3.05) is 0 Å². The third-order valence-corrected chi connectivity index (χ3v) is 4.76. The number of carbonyl (C=O) groups is 1. The van der Waals surface area contributed by atoms with E-state index in [1.54, 1.807) is 49.4 Å². The molecule has 4 aromatic rings. The largest absolute Gasteiger partial charge is 0.478 e.